The predicted octanol–water partition coefficient (Wildman–Crippen LogP) is 2.90. The molecule has 0 atom stereocenters. The summed E-state index contributed by atoms with van der Waals surface area (Å²) in [5.41, 5.74) is 0.366. The fraction of sp³-hybridized carbons (Fsp3) is 0. The molecule has 0 bridgehead atoms. The largest absolute Gasteiger partial charge is 0.508 e. The molecule has 0 radical (unpaired) electrons. The highest BCUT2D eigenvalue weighted by molar-refractivity contribution is 7.80. The molecule has 0 spiro atoms. The zero-order valence-electron chi connectivity index (χ0n) is 8.55. The van der Waals surface area contributed by atoms with Crippen LogP contribution in [0.1, 0.15) is 0 Å². The van der Waals surface area contributed by atoms with E-state index in [0.29, 0.717) is 5.56 Å². The summed E-state index contributed by atoms with van der Waals surface area (Å²) in [6.45, 7) is 0. The maximum atomic E-state index is 13.3. The van der Waals surface area contributed by atoms with Crippen LogP contribution in [0.2, 0.25) is 0 Å². The third-order valence-corrected chi connectivity index (χ3v) is 2.68. The van der Waals surface area contributed by atoms with Crippen LogP contribution in [0.5, 0.6) is 17.2 Å². The lowest BCUT2D eigenvalue weighted by molar-refractivity contribution is 0.430. The van der Waals surface area contributed by atoms with Crippen molar-refractivity contribution >= 4 is 12.6 Å². The molecule has 88 valence electrons. The van der Waals surface area contributed by atoms with Gasteiger partial charge in [-0.05, 0) is 17.7 Å². The van der Waals surface area contributed by atoms with E-state index in [1.165, 1.54) is 12.1 Å². The minimum Gasteiger partial charge on any atom is -0.508 e. The molecule has 0 aliphatic heterocycles. The predicted molar refractivity (Wildman–Crippen MR) is 64.1 cm³/mol. The second kappa shape index (κ2) is 4.18. The first-order valence-corrected chi connectivity index (χ1v) is 5.17. The highest BCUT2D eigenvalue weighted by Gasteiger charge is 2.13. The Morgan fingerprint density at radius 3 is 2.06 bits per heavy atom. The van der Waals surface area contributed by atoms with Gasteiger partial charge in [-0.1, -0.05) is 6.07 Å². The smallest absolute Gasteiger partial charge is 0.137 e. The maximum absolute atomic E-state index is 13.3. The van der Waals surface area contributed by atoms with Gasteiger partial charge in [0.15, 0.2) is 0 Å². The molecule has 0 saturated heterocycles. The summed E-state index contributed by atoms with van der Waals surface area (Å²) in [6.07, 6.45) is 0. The number of aromatic hydroxyl groups is 3. The molecule has 0 aliphatic carbocycles. The van der Waals surface area contributed by atoms with E-state index >= 15 is 0 Å². The quantitative estimate of drug-likeness (QED) is 0.590. The van der Waals surface area contributed by atoms with Crippen LogP contribution in [0, 0.1) is 5.82 Å². The van der Waals surface area contributed by atoms with Gasteiger partial charge >= 0.3 is 0 Å². The lowest BCUT2D eigenvalue weighted by Gasteiger charge is -2.08. The summed E-state index contributed by atoms with van der Waals surface area (Å²) in [4.78, 5) is 0.173. The van der Waals surface area contributed by atoms with Gasteiger partial charge in [0.25, 0.3) is 0 Å². The summed E-state index contributed by atoms with van der Waals surface area (Å²) in [5, 5.41) is 28.4. The van der Waals surface area contributed by atoms with Crippen molar-refractivity contribution in [3.05, 3.63) is 36.1 Å². The second-order valence-corrected chi connectivity index (χ2v) is 4.01. The van der Waals surface area contributed by atoms with Crippen molar-refractivity contribution in [2.75, 3.05) is 0 Å². The number of hydrogen-bond acceptors (Lipinski definition) is 4. The van der Waals surface area contributed by atoms with E-state index in [1.807, 2.05) is 0 Å². The topological polar surface area (TPSA) is 60.7 Å². The lowest BCUT2D eigenvalue weighted by Crippen LogP contribution is -1.84. The Kier molecular flexibility index (Phi) is 2.85. The SMILES string of the molecule is Oc1cc(O)c(-c2ccc(S)c(F)c2)c(O)c1. The summed E-state index contributed by atoms with van der Waals surface area (Å²) in [5.74, 6) is -1.48. The number of phenols is 3. The van der Waals surface area contributed by atoms with E-state index in [1.54, 1.807) is 0 Å². The number of hydrogen-bond donors (Lipinski definition) is 4. The molecule has 0 aliphatic rings. The second-order valence-electron chi connectivity index (χ2n) is 3.53. The molecule has 17 heavy (non-hydrogen) atoms. The molecule has 0 fully saturated rings. The van der Waals surface area contributed by atoms with Crippen molar-refractivity contribution < 1.29 is 19.7 Å². The monoisotopic (exact) mass is 252 g/mol. The molecule has 0 saturated carbocycles. The molecule has 2 aromatic rings. The number of benzene rings is 2. The van der Waals surface area contributed by atoms with Crippen LogP contribution in [0.4, 0.5) is 4.39 Å². The first-order valence-electron chi connectivity index (χ1n) is 4.73. The van der Waals surface area contributed by atoms with Crippen LogP contribution >= 0.6 is 12.6 Å². The van der Waals surface area contributed by atoms with Gasteiger partial charge in [0.1, 0.15) is 23.1 Å². The summed E-state index contributed by atoms with van der Waals surface area (Å²) < 4.78 is 13.3. The molecule has 3 N–H and O–H groups in total. The van der Waals surface area contributed by atoms with Crippen LogP contribution < -0.4 is 0 Å². The van der Waals surface area contributed by atoms with Crippen LogP contribution in [0.15, 0.2) is 35.2 Å². The highest BCUT2D eigenvalue weighted by Crippen LogP contribution is 2.40. The Morgan fingerprint density at radius 1 is 0.941 bits per heavy atom. The summed E-state index contributed by atoms with van der Waals surface area (Å²) >= 11 is 3.89. The van der Waals surface area contributed by atoms with Crippen molar-refractivity contribution in [3.8, 4) is 28.4 Å². The molecule has 5 heteroatoms. The standard InChI is InChI=1S/C12H9FO3S/c13-8-3-6(1-2-11(8)17)12-9(15)4-7(14)5-10(12)16/h1-5,14-17H. The fourth-order valence-electron chi connectivity index (χ4n) is 1.56. The lowest BCUT2D eigenvalue weighted by atomic mass is 10.0. The zero-order chi connectivity index (χ0) is 12.6. The van der Waals surface area contributed by atoms with Crippen LogP contribution in [-0.2, 0) is 0 Å². The van der Waals surface area contributed by atoms with E-state index in [-0.39, 0.29) is 27.7 Å². The molecular formula is C12H9FO3S. The first kappa shape index (κ1) is 11.6. The number of halogens is 1. The van der Waals surface area contributed by atoms with Crippen LogP contribution in [0.25, 0.3) is 11.1 Å². The van der Waals surface area contributed by atoms with Gasteiger partial charge in [0, 0.05) is 17.0 Å². The van der Waals surface area contributed by atoms with E-state index in [4.69, 9.17) is 5.11 Å². The van der Waals surface area contributed by atoms with Gasteiger partial charge in [-0.3, -0.25) is 0 Å². The molecule has 0 unspecified atom stereocenters. The van der Waals surface area contributed by atoms with Gasteiger partial charge in [-0.2, -0.15) is 0 Å². The van der Waals surface area contributed by atoms with E-state index in [0.717, 1.165) is 18.2 Å². The van der Waals surface area contributed by atoms with E-state index in [2.05, 4.69) is 12.6 Å². The average Bonchev–Trinajstić information content (AvgIpc) is 2.21. The molecule has 2 aromatic carbocycles. The molecular weight excluding hydrogens is 243 g/mol. The van der Waals surface area contributed by atoms with Gasteiger partial charge in [-0.15, -0.1) is 12.6 Å². The first-order chi connectivity index (χ1) is 7.99. The van der Waals surface area contributed by atoms with Crippen molar-refractivity contribution in [1.29, 1.82) is 0 Å². The minimum atomic E-state index is -0.558. The van der Waals surface area contributed by atoms with E-state index < -0.39 is 5.82 Å². The van der Waals surface area contributed by atoms with Crippen molar-refractivity contribution in [1.82, 2.24) is 0 Å². The summed E-state index contributed by atoms with van der Waals surface area (Å²) in [7, 11) is 0. The summed E-state index contributed by atoms with van der Waals surface area (Å²) in [6, 6.07) is 6.22. The maximum Gasteiger partial charge on any atom is 0.137 e. The molecule has 0 amide bonds. The number of phenolic OH excluding ortho intramolecular Hbond substituents is 3. The Bertz CT molecular complexity index is 561. The van der Waals surface area contributed by atoms with Gasteiger partial charge in [0.05, 0.1) is 5.56 Å². The molecule has 3 nitrogen and oxygen atoms in total. The highest BCUT2D eigenvalue weighted by atomic mass is 32.1. The Balaban J connectivity index is 2.64. The van der Waals surface area contributed by atoms with Gasteiger partial charge in [-0.25, -0.2) is 4.39 Å². The van der Waals surface area contributed by atoms with Crippen molar-refractivity contribution in [2.45, 2.75) is 4.90 Å². The Hall–Kier alpha value is -1.88. The van der Waals surface area contributed by atoms with Gasteiger partial charge < -0.3 is 15.3 Å². The third-order valence-electron chi connectivity index (χ3n) is 2.32. The van der Waals surface area contributed by atoms with Crippen molar-refractivity contribution in [3.63, 3.8) is 0 Å². The number of rotatable bonds is 1. The van der Waals surface area contributed by atoms with Crippen LogP contribution in [0.3, 0.4) is 0 Å². The van der Waals surface area contributed by atoms with Crippen LogP contribution in [-0.4, -0.2) is 15.3 Å². The molecule has 0 aromatic heterocycles. The number of thiol groups is 1. The third kappa shape index (κ3) is 2.14. The minimum absolute atomic E-state index is 0.0648. The molecule has 0 heterocycles. The van der Waals surface area contributed by atoms with E-state index in [9.17, 15) is 14.6 Å². The van der Waals surface area contributed by atoms with Crippen molar-refractivity contribution in [2.24, 2.45) is 0 Å². The Morgan fingerprint density at radius 2 is 1.53 bits per heavy atom. The van der Waals surface area contributed by atoms with Gasteiger partial charge in [0.2, 0.25) is 0 Å². The normalized spacial score (nSPS) is 10.5. The zero-order valence-corrected chi connectivity index (χ0v) is 9.45. The molecule has 2 rings (SSSR count). The fourth-order valence-corrected chi connectivity index (χ4v) is 1.69. The Labute approximate surface area is 102 Å². The average molecular weight is 252 g/mol.